The number of aromatic nitrogens is 2. The van der Waals surface area contributed by atoms with Gasteiger partial charge in [-0.15, -0.1) is 11.3 Å². The van der Waals surface area contributed by atoms with Gasteiger partial charge < -0.3 is 5.32 Å². The Morgan fingerprint density at radius 2 is 2.12 bits per heavy atom. The van der Waals surface area contributed by atoms with Crippen LogP contribution in [0.5, 0.6) is 0 Å². The molecular formula is C18H20ClN3OS. The molecule has 2 heterocycles. The van der Waals surface area contributed by atoms with Crippen molar-refractivity contribution in [3.63, 3.8) is 0 Å². The molecule has 0 aliphatic carbocycles. The van der Waals surface area contributed by atoms with Crippen LogP contribution in [0.4, 0.5) is 0 Å². The summed E-state index contributed by atoms with van der Waals surface area (Å²) in [5.41, 5.74) is 3.25. The first-order valence-corrected chi connectivity index (χ1v) is 9.13. The molecule has 0 saturated heterocycles. The molecule has 0 radical (unpaired) electrons. The molecule has 0 fully saturated rings. The minimum atomic E-state index is -0.103. The largest absolute Gasteiger partial charge is 0.351 e. The number of aryl methyl sites for hydroxylation is 4. The predicted octanol–water partition coefficient (Wildman–Crippen LogP) is 4.50. The molecule has 24 heavy (non-hydrogen) atoms. The van der Waals surface area contributed by atoms with Gasteiger partial charge in [-0.05, 0) is 44.9 Å². The van der Waals surface area contributed by atoms with Crippen molar-refractivity contribution in [2.75, 3.05) is 6.54 Å². The van der Waals surface area contributed by atoms with E-state index < -0.39 is 0 Å². The smallest absolute Gasteiger partial charge is 0.262 e. The minimum Gasteiger partial charge on any atom is -0.351 e. The van der Waals surface area contributed by atoms with Gasteiger partial charge in [0.25, 0.3) is 5.91 Å². The number of nitrogens with one attached hydrogen (secondary N) is 1. The number of amides is 1. The lowest BCUT2D eigenvalue weighted by Gasteiger charge is -2.06. The van der Waals surface area contributed by atoms with Gasteiger partial charge in [-0.25, -0.2) is 0 Å². The second-order valence-corrected chi connectivity index (χ2v) is 7.38. The SMILES string of the molecule is Cc1cc(C)n(CCCNC(=O)c2sc3cccc(C)c3c2Cl)n1. The summed E-state index contributed by atoms with van der Waals surface area (Å²) in [7, 11) is 0. The fourth-order valence-corrected chi connectivity index (χ4v) is 4.43. The lowest BCUT2D eigenvalue weighted by molar-refractivity contribution is 0.0957. The van der Waals surface area contributed by atoms with Crippen molar-refractivity contribution in [1.29, 1.82) is 0 Å². The summed E-state index contributed by atoms with van der Waals surface area (Å²) < 4.78 is 3.02. The van der Waals surface area contributed by atoms with Crippen molar-refractivity contribution in [3.8, 4) is 0 Å². The molecular weight excluding hydrogens is 342 g/mol. The van der Waals surface area contributed by atoms with E-state index in [9.17, 15) is 4.79 Å². The van der Waals surface area contributed by atoms with Crippen molar-refractivity contribution in [2.24, 2.45) is 0 Å². The number of benzene rings is 1. The van der Waals surface area contributed by atoms with Gasteiger partial charge in [-0.2, -0.15) is 5.10 Å². The van der Waals surface area contributed by atoms with Crippen LogP contribution in [0.2, 0.25) is 5.02 Å². The topological polar surface area (TPSA) is 46.9 Å². The van der Waals surface area contributed by atoms with Crippen LogP contribution in [0.15, 0.2) is 24.3 Å². The highest BCUT2D eigenvalue weighted by molar-refractivity contribution is 7.21. The summed E-state index contributed by atoms with van der Waals surface area (Å²) in [6.07, 6.45) is 0.829. The Labute approximate surface area is 150 Å². The molecule has 0 aliphatic heterocycles. The van der Waals surface area contributed by atoms with Gasteiger partial charge in [0.05, 0.1) is 10.7 Å². The first-order chi connectivity index (χ1) is 11.5. The lowest BCUT2D eigenvalue weighted by atomic mass is 10.1. The Bertz CT molecular complexity index is 897. The number of carbonyl (C=O) groups excluding carboxylic acids is 1. The normalized spacial score (nSPS) is 11.2. The third-order valence-electron chi connectivity index (χ3n) is 4.01. The van der Waals surface area contributed by atoms with E-state index in [0.717, 1.165) is 40.0 Å². The molecule has 4 nitrogen and oxygen atoms in total. The summed E-state index contributed by atoms with van der Waals surface area (Å²) in [4.78, 5) is 13.0. The lowest BCUT2D eigenvalue weighted by Crippen LogP contribution is -2.25. The highest BCUT2D eigenvalue weighted by atomic mass is 35.5. The fraction of sp³-hybridized carbons (Fsp3) is 0.333. The van der Waals surface area contributed by atoms with Crippen molar-refractivity contribution in [2.45, 2.75) is 33.7 Å². The Morgan fingerprint density at radius 3 is 2.79 bits per heavy atom. The average molecular weight is 362 g/mol. The van der Waals surface area contributed by atoms with Crippen LogP contribution in [0.1, 0.15) is 33.0 Å². The van der Waals surface area contributed by atoms with Gasteiger partial charge in [0, 0.05) is 28.9 Å². The fourth-order valence-electron chi connectivity index (χ4n) is 2.83. The second kappa shape index (κ2) is 6.95. The molecule has 126 valence electrons. The first kappa shape index (κ1) is 17.0. The van der Waals surface area contributed by atoms with E-state index >= 15 is 0 Å². The average Bonchev–Trinajstić information content (AvgIpc) is 3.04. The molecule has 0 unspecified atom stereocenters. The molecule has 2 aromatic heterocycles. The van der Waals surface area contributed by atoms with Crippen LogP contribution in [-0.4, -0.2) is 22.2 Å². The maximum atomic E-state index is 12.4. The van der Waals surface area contributed by atoms with Gasteiger partial charge in [0.15, 0.2) is 0 Å². The van der Waals surface area contributed by atoms with Crippen LogP contribution >= 0.6 is 22.9 Å². The number of hydrogen-bond acceptors (Lipinski definition) is 3. The van der Waals surface area contributed by atoms with Crippen molar-refractivity contribution >= 4 is 38.9 Å². The number of nitrogens with zero attached hydrogens (tertiary/aromatic N) is 2. The van der Waals surface area contributed by atoms with E-state index in [-0.39, 0.29) is 5.91 Å². The molecule has 3 aromatic rings. The monoisotopic (exact) mass is 361 g/mol. The summed E-state index contributed by atoms with van der Waals surface area (Å²) in [6, 6.07) is 8.05. The summed E-state index contributed by atoms with van der Waals surface area (Å²) >= 11 is 7.87. The second-order valence-electron chi connectivity index (χ2n) is 5.95. The Kier molecular flexibility index (Phi) is 4.92. The van der Waals surface area contributed by atoms with Gasteiger partial charge >= 0.3 is 0 Å². The molecule has 0 saturated carbocycles. The van der Waals surface area contributed by atoms with Crippen molar-refractivity contribution < 1.29 is 4.79 Å². The van der Waals surface area contributed by atoms with E-state index in [2.05, 4.69) is 16.5 Å². The maximum absolute atomic E-state index is 12.4. The van der Waals surface area contributed by atoms with Crippen LogP contribution in [0.25, 0.3) is 10.1 Å². The quantitative estimate of drug-likeness (QED) is 0.680. The molecule has 0 aliphatic rings. The Hall–Kier alpha value is -1.85. The van der Waals surface area contributed by atoms with Crippen LogP contribution in [0, 0.1) is 20.8 Å². The minimum absolute atomic E-state index is 0.103. The first-order valence-electron chi connectivity index (χ1n) is 7.94. The molecule has 3 rings (SSSR count). The molecule has 0 spiro atoms. The highest BCUT2D eigenvalue weighted by Gasteiger charge is 2.17. The molecule has 1 amide bonds. The number of halogens is 1. The van der Waals surface area contributed by atoms with Gasteiger partial charge in [0.2, 0.25) is 0 Å². The van der Waals surface area contributed by atoms with Crippen LogP contribution < -0.4 is 5.32 Å². The van der Waals surface area contributed by atoms with E-state index in [1.54, 1.807) is 0 Å². The molecule has 1 N–H and O–H groups in total. The van der Waals surface area contributed by atoms with E-state index in [4.69, 9.17) is 11.6 Å². The highest BCUT2D eigenvalue weighted by Crippen LogP contribution is 2.37. The Balaban J connectivity index is 1.62. The number of hydrogen-bond donors (Lipinski definition) is 1. The van der Waals surface area contributed by atoms with Gasteiger partial charge in [-0.3, -0.25) is 9.48 Å². The van der Waals surface area contributed by atoms with E-state index in [0.29, 0.717) is 16.4 Å². The number of thiophene rings is 1. The molecule has 0 atom stereocenters. The molecule has 6 heteroatoms. The standard InChI is InChI=1S/C18H20ClN3OS/c1-11-6-4-7-14-15(11)16(19)17(24-14)18(23)20-8-5-9-22-13(3)10-12(2)21-22/h4,6-7,10H,5,8-9H2,1-3H3,(H,20,23). The summed E-state index contributed by atoms with van der Waals surface area (Å²) in [5.74, 6) is -0.103. The third-order valence-corrected chi connectivity index (χ3v) is 5.65. The zero-order valence-electron chi connectivity index (χ0n) is 14.0. The predicted molar refractivity (Wildman–Crippen MR) is 100 cm³/mol. The van der Waals surface area contributed by atoms with Crippen molar-refractivity contribution in [3.05, 3.63) is 51.1 Å². The zero-order valence-corrected chi connectivity index (χ0v) is 15.6. The summed E-state index contributed by atoms with van der Waals surface area (Å²) in [6.45, 7) is 7.42. The van der Waals surface area contributed by atoms with E-state index in [1.807, 2.05) is 43.7 Å². The molecule has 0 bridgehead atoms. The number of fused-ring (bicyclic) bond motifs is 1. The number of rotatable bonds is 5. The van der Waals surface area contributed by atoms with Gasteiger partial charge in [-0.1, -0.05) is 23.7 Å². The number of carbonyl (C=O) groups is 1. The van der Waals surface area contributed by atoms with Gasteiger partial charge in [0.1, 0.15) is 4.88 Å². The van der Waals surface area contributed by atoms with Crippen molar-refractivity contribution in [1.82, 2.24) is 15.1 Å². The van der Waals surface area contributed by atoms with E-state index in [1.165, 1.54) is 11.3 Å². The third kappa shape index (κ3) is 3.32. The zero-order chi connectivity index (χ0) is 17.3. The maximum Gasteiger partial charge on any atom is 0.262 e. The van der Waals surface area contributed by atoms with Crippen LogP contribution in [-0.2, 0) is 6.54 Å². The molecule has 1 aromatic carbocycles. The Morgan fingerprint density at radius 1 is 1.33 bits per heavy atom. The summed E-state index contributed by atoms with van der Waals surface area (Å²) in [5, 5.41) is 8.93. The van der Waals surface area contributed by atoms with Crippen LogP contribution in [0.3, 0.4) is 0 Å².